The lowest BCUT2D eigenvalue weighted by atomic mass is 9.93. The number of carbonyl (C=O) groups excluding carboxylic acids is 1. The maximum atomic E-state index is 11.8. The van der Waals surface area contributed by atoms with Gasteiger partial charge in [-0.25, -0.2) is 9.78 Å². The lowest BCUT2D eigenvalue weighted by Crippen LogP contribution is -2.38. The summed E-state index contributed by atoms with van der Waals surface area (Å²) in [6.07, 6.45) is 0. The zero-order valence-corrected chi connectivity index (χ0v) is 13.7. The number of anilines is 1. The molecular weight excluding hydrogens is 304 g/mol. The average Bonchev–Trinajstić information content (AvgIpc) is 2.88. The van der Waals surface area contributed by atoms with Gasteiger partial charge in [0.25, 0.3) is 0 Å². The summed E-state index contributed by atoms with van der Waals surface area (Å²) in [5.74, 6) is -1.24. The van der Waals surface area contributed by atoms with Crippen LogP contribution in [0.1, 0.15) is 24.2 Å². The van der Waals surface area contributed by atoms with Crippen molar-refractivity contribution < 1.29 is 19.4 Å². The Morgan fingerprint density at radius 3 is 2.68 bits per heavy atom. The fourth-order valence-electron chi connectivity index (χ4n) is 2.21. The molecule has 0 unspecified atom stereocenters. The summed E-state index contributed by atoms with van der Waals surface area (Å²) in [5.41, 5.74) is 0.320. The third-order valence-electron chi connectivity index (χ3n) is 3.32. The Kier molecular flexibility index (Phi) is 4.37. The highest BCUT2D eigenvalue weighted by Gasteiger charge is 2.31. The van der Waals surface area contributed by atoms with Crippen LogP contribution in [0.25, 0.3) is 10.2 Å². The second kappa shape index (κ2) is 5.92. The van der Waals surface area contributed by atoms with E-state index in [0.717, 1.165) is 15.3 Å². The first-order valence-corrected chi connectivity index (χ1v) is 7.49. The molecule has 1 heterocycles. The van der Waals surface area contributed by atoms with Crippen LogP contribution >= 0.6 is 11.3 Å². The lowest BCUT2D eigenvalue weighted by Gasteiger charge is -2.27. The number of hydrogen-bond acceptors (Lipinski definition) is 6. The highest BCUT2D eigenvalue weighted by Crippen LogP contribution is 2.31. The molecule has 0 fully saturated rings. The molecule has 7 heteroatoms. The number of methoxy groups -OCH3 is 1. The summed E-state index contributed by atoms with van der Waals surface area (Å²) >= 11 is 1.40. The minimum atomic E-state index is -0.961. The van der Waals surface area contributed by atoms with Gasteiger partial charge in [0, 0.05) is 13.6 Å². The Hall–Kier alpha value is -2.15. The molecule has 0 radical (unpaired) electrons. The van der Waals surface area contributed by atoms with Gasteiger partial charge in [-0.3, -0.25) is 4.79 Å². The molecule has 6 nitrogen and oxygen atoms in total. The van der Waals surface area contributed by atoms with E-state index < -0.39 is 11.4 Å². The van der Waals surface area contributed by atoms with E-state index in [0.29, 0.717) is 6.54 Å². The predicted octanol–water partition coefficient (Wildman–Crippen LogP) is 2.63. The number of thiazole rings is 1. The number of ether oxygens (including phenoxy) is 1. The van der Waals surface area contributed by atoms with Gasteiger partial charge in [-0.05, 0) is 32.0 Å². The molecule has 1 aromatic heterocycles. The molecule has 2 rings (SSSR count). The van der Waals surface area contributed by atoms with E-state index in [9.17, 15) is 9.59 Å². The Labute approximate surface area is 132 Å². The third-order valence-corrected chi connectivity index (χ3v) is 4.45. The van der Waals surface area contributed by atoms with Gasteiger partial charge in [-0.2, -0.15) is 0 Å². The first-order chi connectivity index (χ1) is 10.2. The van der Waals surface area contributed by atoms with E-state index in [4.69, 9.17) is 9.84 Å². The zero-order valence-electron chi connectivity index (χ0n) is 12.9. The van der Waals surface area contributed by atoms with Crippen LogP contribution in [0, 0.1) is 5.41 Å². The number of benzene rings is 1. The Bertz CT molecular complexity index is 723. The van der Waals surface area contributed by atoms with Crippen molar-refractivity contribution in [2.45, 2.75) is 13.8 Å². The summed E-state index contributed by atoms with van der Waals surface area (Å²) in [6.45, 7) is 4.07. The molecule has 118 valence electrons. The molecule has 1 aromatic carbocycles. The standard InChI is InChI=1S/C15H18N2O4S/c1-15(2,13(20)21-4)8-17(3)14-16-10-6-5-9(12(18)19)7-11(10)22-14/h5-7H,8H2,1-4H3,(H,18,19). The number of rotatable bonds is 5. The largest absolute Gasteiger partial charge is 0.478 e. The maximum absolute atomic E-state index is 11.8. The van der Waals surface area contributed by atoms with Gasteiger partial charge >= 0.3 is 11.9 Å². The van der Waals surface area contributed by atoms with Crippen LogP contribution in [0.3, 0.4) is 0 Å². The Balaban J connectivity index is 2.27. The Morgan fingerprint density at radius 1 is 1.41 bits per heavy atom. The van der Waals surface area contributed by atoms with Crippen molar-refractivity contribution in [2.24, 2.45) is 5.41 Å². The van der Waals surface area contributed by atoms with Crippen molar-refractivity contribution in [1.29, 1.82) is 0 Å². The fourth-order valence-corrected chi connectivity index (χ4v) is 3.18. The van der Waals surface area contributed by atoms with Crippen molar-refractivity contribution in [2.75, 3.05) is 25.6 Å². The maximum Gasteiger partial charge on any atom is 0.335 e. The van der Waals surface area contributed by atoms with Gasteiger partial charge < -0.3 is 14.7 Å². The van der Waals surface area contributed by atoms with Crippen molar-refractivity contribution in [3.8, 4) is 0 Å². The molecule has 0 aliphatic rings. The van der Waals surface area contributed by atoms with Crippen LogP contribution in [-0.4, -0.2) is 42.7 Å². The monoisotopic (exact) mass is 322 g/mol. The average molecular weight is 322 g/mol. The quantitative estimate of drug-likeness (QED) is 0.853. The summed E-state index contributed by atoms with van der Waals surface area (Å²) in [7, 11) is 3.22. The number of carbonyl (C=O) groups is 2. The number of carboxylic acids is 1. The molecule has 1 N–H and O–H groups in total. The zero-order chi connectivity index (χ0) is 16.5. The first kappa shape index (κ1) is 16.2. The number of fused-ring (bicyclic) bond motifs is 1. The summed E-state index contributed by atoms with van der Waals surface area (Å²) < 4.78 is 5.61. The molecular formula is C15H18N2O4S. The van der Waals surface area contributed by atoms with E-state index in [1.807, 2.05) is 25.8 Å². The minimum Gasteiger partial charge on any atom is -0.478 e. The SMILES string of the molecule is COC(=O)C(C)(C)CN(C)c1nc2ccc(C(=O)O)cc2s1. The molecule has 22 heavy (non-hydrogen) atoms. The summed E-state index contributed by atoms with van der Waals surface area (Å²) in [4.78, 5) is 29.1. The molecule has 0 aliphatic heterocycles. The van der Waals surface area contributed by atoms with Crippen LogP contribution < -0.4 is 4.90 Å². The molecule has 2 aromatic rings. The number of carboxylic acid groups (broad SMARTS) is 1. The molecule has 0 amide bonds. The molecule has 0 saturated heterocycles. The minimum absolute atomic E-state index is 0.236. The smallest absolute Gasteiger partial charge is 0.335 e. The number of aromatic nitrogens is 1. The van der Waals surface area contributed by atoms with Crippen molar-refractivity contribution >= 4 is 38.6 Å². The van der Waals surface area contributed by atoms with Crippen LogP contribution in [-0.2, 0) is 9.53 Å². The highest BCUT2D eigenvalue weighted by atomic mass is 32.1. The number of aromatic carboxylic acids is 1. The van der Waals surface area contributed by atoms with Crippen molar-refractivity contribution in [3.05, 3.63) is 23.8 Å². The normalized spacial score (nSPS) is 11.5. The van der Waals surface area contributed by atoms with Gasteiger partial charge in [0.05, 0.1) is 28.3 Å². The molecule has 0 saturated carbocycles. The van der Waals surface area contributed by atoms with Crippen molar-refractivity contribution in [3.63, 3.8) is 0 Å². The second-order valence-electron chi connectivity index (χ2n) is 5.72. The van der Waals surface area contributed by atoms with Gasteiger partial charge in [0.1, 0.15) is 0 Å². The first-order valence-electron chi connectivity index (χ1n) is 6.68. The van der Waals surface area contributed by atoms with E-state index in [1.54, 1.807) is 12.1 Å². The topological polar surface area (TPSA) is 79.7 Å². The molecule has 0 aliphatic carbocycles. The lowest BCUT2D eigenvalue weighted by molar-refractivity contribution is -0.150. The third kappa shape index (κ3) is 3.19. The van der Waals surface area contributed by atoms with Crippen LogP contribution in [0.5, 0.6) is 0 Å². The molecule has 0 atom stereocenters. The van der Waals surface area contributed by atoms with Gasteiger partial charge in [-0.15, -0.1) is 0 Å². The van der Waals surface area contributed by atoms with Gasteiger partial charge in [0.15, 0.2) is 5.13 Å². The van der Waals surface area contributed by atoms with Crippen molar-refractivity contribution in [1.82, 2.24) is 4.98 Å². The van der Waals surface area contributed by atoms with E-state index in [2.05, 4.69) is 4.98 Å². The molecule has 0 bridgehead atoms. The van der Waals surface area contributed by atoms with E-state index >= 15 is 0 Å². The Morgan fingerprint density at radius 2 is 2.09 bits per heavy atom. The second-order valence-corrected chi connectivity index (χ2v) is 6.72. The highest BCUT2D eigenvalue weighted by molar-refractivity contribution is 7.22. The number of esters is 1. The van der Waals surface area contributed by atoms with Crippen LogP contribution in [0.2, 0.25) is 0 Å². The molecule has 0 spiro atoms. The number of hydrogen-bond donors (Lipinski definition) is 1. The van der Waals surface area contributed by atoms with Gasteiger partial charge in [0.2, 0.25) is 0 Å². The fraction of sp³-hybridized carbons (Fsp3) is 0.400. The van der Waals surface area contributed by atoms with Gasteiger partial charge in [-0.1, -0.05) is 11.3 Å². The summed E-state index contributed by atoms with van der Waals surface area (Å²) in [5, 5.41) is 9.75. The van der Waals surface area contributed by atoms with E-state index in [1.165, 1.54) is 24.5 Å². The predicted molar refractivity (Wildman–Crippen MR) is 85.6 cm³/mol. The van der Waals surface area contributed by atoms with Crippen LogP contribution in [0.4, 0.5) is 5.13 Å². The van der Waals surface area contributed by atoms with Crippen LogP contribution in [0.15, 0.2) is 18.2 Å². The number of nitrogens with zero attached hydrogens (tertiary/aromatic N) is 2. The van der Waals surface area contributed by atoms with E-state index in [-0.39, 0.29) is 11.5 Å². The summed E-state index contributed by atoms with van der Waals surface area (Å²) in [6, 6.07) is 4.84.